The van der Waals surface area contributed by atoms with E-state index >= 15 is 0 Å². The standard InChI is InChI=1S/C22H24N6O2S2/c1-3-22(14-27(15-22)32(29,30)4-2)28-13-16(12-23-28)19-20-18(10-11-31-20)25-21(26-19)24-17-8-6-5-7-9-17/h5-13H,3-4,14-15H2,1-2H3,(H,24,25,26). The lowest BCUT2D eigenvalue weighted by molar-refractivity contribution is 0.0634. The number of para-hydroxylation sites is 1. The zero-order chi connectivity index (χ0) is 22.3. The van der Waals surface area contributed by atoms with Gasteiger partial charge in [-0.25, -0.2) is 18.4 Å². The first-order valence-electron chi connectivity index (χ1n) is 10.5. The van der Waals surface area contributed by atoms with Crippen LogP contribution in [0.3, 0.4) is 0 Å². The number of anilines is 2. The van der Waals surface area contributed by atoms with Crippen LogP contribution in [0, 0.1) is 0 Å². The lowest BCUT2D eigenvalue weighted by Crippen LogP contribution is -2.64. The largest absolute Gasteiger partial charge is 0.324 e. The normalized spacial score (nSPS) is 16.2. The molecule has 0 amide bonds. The number of aromatic nitrogens is 4. The number of benzene rings is 1. The van der Waals surface area contributed by atoms with Crippen molar-refractivity contribution < 1.29 is 8.42 Å². The van der Waals surface area contributed by atoms with E-state index < -0.39 is 10.0 Å². The molecule has 1 N–H and O–H groups in total. The van der Waals surface area contributed by atoms with Crippen molar-refractivity contribution in [3.05, 3.63) is 54.2 Å². The van der Waals surface area contributed by atoms with Crippen LogP contribution in [0.25, 0.3) is 21.5 Å². The minimum Gasteiger partial charge on any atom is -0.324 e. The van der Waals surface area contributed by atoms with E-state index in [1.807, 2.05) is 58.9 Å². The van der Waals surface area contributed by atoms with Crippen LogP contribution in [0.4, 0.5) is 11.6 Å². The van der Waals surface area contributed by atoms with Gasteiger partial charge in [-0.1, -0.05) is 25.1 Å². The van der Waals surface area contributed by atoms with Crippen LogP contribution in [0.5, 0.6) is 0 Å². The minimum atomic E-state index is -3.19. The molecule has 1 aliphatic heterocycles. The highest BCUT2D eigenvalue weighted by Crippen LogP contribution is 2.37. The van der Waals surface area contributed by atoms with E-state index in [4.69, 9.17) is 4.98 Å². The third-order valence-corrected chi connectivity index (χ3v) is 8.72. The number of thiophene rings is 1. The van der Waals surface area contributed by atoms with Crippen molar-refractivity contribution in [1.29, 1.82) is 0 Å². The Kier molecular flexibility index (Phi) is 5.23. The van der Waals surface area contributed by atoms with Gasteiger partial charge in [0.1, 0.15) is 0 Å². The van der Waals surface area contributed by atoms with Crippen molar-refractivity contribution in [2.75, 3.05) is 24.2 Å². The fraction of sp³-hybridized carbons (Fsp3) is 0.318. The molecule has 166 valence electrons. The van der Waals surface area contributed by atoms with Gasteiger partial charge in [0.25, 0.3) is 0 Å². The van der Waals surface area contributed by atoms with Crippen LogP contribution in [-0.2, 0) is 15.6 Å². The van der Waals surface area contributed by atoms with Gasteiger partial charge in [-0.05, 0) is 36.9 Å². The third-order valence-electron chi connectivity index (χ3n) is 6.03. The number of sulfonamides is 1. The first-order chi connectivity index (χ1) is 15.4. The molecule has 4 aromatic rings. The molecule has 0 radical (unpaired) electrons. The minimum absolute atomic E-state index is 0.117. The van der Waals surface area contributed by atoms with Gasteiger partial charge in [0.15, 0.2) is 0 Å². The van der Waals surface area contributed by atoms with E-state index in [1.54, 1.807) is 22.6 Å². The van der Waals surface area contributed by atoms with E-state index in [1.165, 1.54) is 0 Å². The molecule has 1 saturated heterocycles. The summed E-state index contributed by atoms with van der Waals surface area (Å²) in [6.07, 6.45) is 4.58. The van der Waals surface area contributed by atoms with E-state index in [0.29, 0.717) is 19.0 Å². The molecule has 8 nitrogen and oxygen atoms in total. The second-order valence-electron chi connectivity index (χ2n) is 7.94. The van der Waals surface area contributed by atoms with Gasteiger partial charge in [-0.15, -0.1) is 11.3 Å². The van der Waals surface area contributed by atoms with Crippen molar-refractivity contribution in [2.24, 2.45) is 0 Å². The molecule has 0 unspecified atom stereocenters. The molecule has 32 heavy (non-hydrogen) atoms. The summed E-state index contributed by atoms with van der Waals surface area (Å²) in [6, 6.07) is 11.8. The summed E-state index contributed by atoms with van der Waals surface area (Å²) < 4.78 is 28.9. The van der Waals surface area contributed by atoms with Crippen molar-refractivity contribution in [3.63, 3.8) is 0 Å². The molecular formula is C22H24N6O2S2. The SMILES string of the molecule is CCC1(n2cc(-c3nc(Nc4ccccc4)nc4ccsc34)cn2)CN(S(=O)(=O)CC)C1. The van der Waals surface area contributed by atoms with Crippen LogP contribution < -0.4 is 5.32 Å². The predicted octanol–water partition coefficient (Wildman–Crippen LogP) is 4.07. The van der Waals surface area contributed by atoms with Crippen LogP contribution >= 0.6 is 11.3 Å². The average molecular weight is 469 g/mol. The maximum atomic E-state index is 12.2. The lowest BCUT2D eigenvalue weighted by atomic mass is 9.89. The molecule has 1 aliphatic rings. The molecule has 3 aromatic heterocycles. The number of hydrogen-bond donors (Lipinski definition) is 1. The Labute approximate surface area is 191 Å². The Bertz CT molecular complexity index is 1360. The Morgan fingerprint density at radius 2 is 1.91 bits per heavy atom. The highest BCUT2D eigenvalue weighted by Gasteiger charge is 2.48. The molecular weight excluding hydrogens is 444 g/mol. The van der Waals surface area contributed by atoms with Crippen LogP contribution in [-0.4, -0.2) is 51.3 Å². The van der Waals surface area contributed by atoms with Crippen LogP contribution in [0.15, 0.2) is 54.2 Å². The topological polar surface area (TPSA) is 93.0 Å². The molecule has 0 atom stereocenters. The van der Waals surface area contributed by atoms with Gasteiger partial charge < -0.3 is 5.32 Å². The van der Waals surface area contributed by atoms with Crippen LogP contribution in [0.1, 0.15) is 20.3 Å². The molecule has 10 heteroatoms. The van der Waals surface area contributed by atoms with Crippen LogP contribution in [0.2, 0.25) is 0 Å². The molecule has 1 fully saturated rings. The van der Waals surface area contributed by atoms with Gasteiger partial charge in [-0.2, -0.15) is 9.40 Å². The van der Waals surface area contributed by atoms with Gasteiger partial charge in [0, 0.05) is 30.5 Å². The monoisotopic (exact) mass is 468 g/mol. The van der Waals surface area contributed by atoms with Crippen molar-refractivity contribution in [3.8, 4) is 11.3 Å². The molecule has 0 bridgehead atoms. The van der Waals surface area contributed by atoms with Gasteiger partial charge in [0.2, 0.25) is 16.0 Å². The second-order valence-corrected chi connectivity index (χ2v) is 11.1. The lowest BCUT2D eigenvalue weighted by Gasteiger charge is -2.48. The molecule has 0 saturated carbocycles. The number of fused-ring (bicyclic) bond motifs is 1. The van der Waals surface area contributed by atoms with E-state index in [9.17, 15) is 8.42 Å². The molecule has 5 rings (SSSR count). The Morgan fingerprint density at radius 3 is 2.62 bits per heavy atom. The fourth-order valence-corrected chi connectivity index (χ4v) is 6.07. The molecule has 1 aromatic carbocycles. The third kappa shape index (κ3) is 3.58. The Morgan fingerprint density at radius 1 is 1.12 bits per heavy atom. The summed E-state index contributed by atoms with van der Waals surface area (Å²) in [6.45, 7) is 4.64. The second kappa shape index (κ2) is 7.95. The average Bonchev–Trinajstić information content (AvgIpc) is 3.44. The van der Waals surface area contributed by atoms with Gasteiger partial charge in [0.05, 0.1) is 33.4 Å². The van der Waals surface area contributed by atoms with Crippen molar-refractivity contribution in [1.82, 2.24) is 24.1 Å². The van der Waals surface area contributed by atoms with Crippen molar-refractivity contribution >= 4 is 43.2 Å². The predicted molar refractivity (Wildman–Crippen MR) is 128 cm³/mol. The maximum absolute atomic E-state index is 12.2. The molecule has 0 aliphatic carbocycles. The Balaban J connectivity index is 1.49. The summed E-state index contributed by atoms with van der Waals surface area (Å²) in [4.78, 5) is 9.45. The number of hydrogen-bond acceptors (Lipinski definition) is 7. The maximum Gasteiger partial charge on any atom is 0.228 e. The zero-order valence-corrected chi connectivity index (χ0v) is 19.5. The van der Waals surface area contributed by atoms with Gasteiger partial charge >= 0.3 is 0 Å². The summed E-state index contributed by atoms with van der Waals surface area (Å²) in [7, 11) is -3.19. The summed E-state index contributed by atoms with van der Waals surface area (Å²) >= 11 is 1.60. The first kappa shape index (κ1) is 21.0. The summed E-state index contributed by atoms with van der Waals surface area (Å²) in [5.74, 6) is 0.643. The van der Waals surface area contributed by atoms with E-state index in [2.05, 4.69) is 22.3 Å². The number of nitrogens with zero attached hydrogens (tertiary/aromatic N) is 5. The highest BCUT2D eigenvalue weighted by atomic mass is 32.2. The quantitative estimate of drug-likeness (QED) is 0.440. The van der Waals surface area contributed by atoms with Crippen molar-refractivity contribution in [2.45, 2.75) is 25.8 Å². The van der Waals surface area contributed by atoms with Gasteiger partial charge in [-0.3, -0.25) is 4.68 Å². The zero-order valence-electron chi connectivity index (χ0n) is 17.9. The smallest absolute Gasteiger partial charge is 0.228 e. The number of nitrogens with one attached hydrogen (secondary N) is 1. The van der Waals surface area contributed by atoms with E-state index in [-0.39, 0.29) is 11.3 Å². The molecule has 4 heterocycles. The first-order valence-corrected chi connectivity index (χ1v) is 13.0. The summed E-state index contributed by atoms with van der Waals surface area (Å²) in [5.41, 5.74) is 3.17. The van der Waals surface area contributed by atoms with E-state index in [0.717, 1.165) is 33.6 Å². The number of rotatable bonds is 7. The fourth-order valence-electron chi connectivity index (χ4n) is 3.99. The molecule has 0 spiro atoms. The Hall–Kier alpha value is -2.82. The summed E-state index contributed by atoms with van der Waals surface area (Å²) in [5, 5.41) is 9.91. The highest BCUT2D eigenvalue weighted by molar-refractivity contribution is 7.89.